The topological polar surface area (TPSA) is 6.48 Å². The highest BCUT2D eigenvalue weighted by molar-refractivity contribution is 7.99. The summed E-state index contributed by atoms with van der Waals surface area (Å²) >= 11 is 1.90. The summed E-state index contributed by atoms with van der Waals surface area (Å²) < 4.78 is 0. The lowest BCUT2D eigenvalue weighted by molar-refractivity contribution is 0.730. The van der Waals surface area contributed by atoms with E-state index < -0.39 is 5.41 Å². The van der Waals surface area contributed by atoms with Crippen molar-refractivity contribution in [3.05, 3.63) is 241 Å². The van der Waals surface area contributed by atoms with E-state index in [0.717, 1.165) is 34.1 Å². The quantitative estimate of drug-likeness (QED) is 0.168. The standard InChI is InChI=1S/C53H36N2S/c1-5-18-38(19-6-1)54(39-20-7-2-8-21-39)42-30-32-46-45-27-15-16-28-47(45)53(49(46)35-42)48-33-31-43(55(40-22-9-3-10-23-40)41-24-11-4-12-25-41)36-51(48)56-50-34-29-37-17-13-14-26-44(37)52(50)53/h1-36H. The Morgan fingerprint density at radius 2 is 0.821 bits per heavy atom. The Labute approximate surface area is 332 Å². The molecule has 0 radical (unpaired) electrons. The predicted octanol–water partition coefficient (Wildman–Crippen LogP) is 14.6. The molecule has 3 heteroatoms. The zero-order valence-corrected chi connectivity index (χ0v) is 31.4. The van der Waals surface area contributed by atoms with Gasteiger partial charge in [0.25, 0.3) is 0 Å². The highest BCUT2D eigenvalue weighted by Crippen LogP contribution is 2.64. The average molecular weight is 733 g/mol. The first-order valence-corrected chi connectivity index (χ1v) is 20.0. The van der Waals surface area contributed by atoms with Crippen molar-refractivity contribution in [2.45, 2.75) is 15.2 Å². The van der Waals surface area contributed by atoms with Crippen LogP contribution in [-0.4, -0.2) is 0 Å². The normalized spacial score (nSPS) is 14.8. The highest BCUT2D eigenvalue weighted by Gasteiger charge is 2.51. The van der Waals surface area contributed by atoms with E-state index in [1.165, 1.54) is 53.9 Å². The molecule has 11 rings (SSSR count). The number of para-hydroxylation sites is 4. The summed E-state index contributed by atoms with van der Waals surface area (Å²) in [6.07, 6.45) is 0. The Hall–Kier alpha value is -6.81. The van der Waals surface area contributed by atoms with Crippen LogP contribution in [-0.2, 0) is 5.41 Å². The molecule has 0 saturated heterocycles. The summed E-state index contributed by atoms with van der Waals surface area (Å²) in [4.78, 5) is 7.31. The number of nitrogens with zero attached hydrogens (tertiary/aromatic N) is 2. The molecule has 56 heavy (non-hydrogen) atoms. The summed E-state index contributed by atoms with van der Waals surface area (Å²) in [7, 11) is 0. The van der Waals surface area contributed by atoms with Crippen molar-refractivity contribution in [2.24, 2.45) is 0 Å². The van der Waals surface area contributed by atoms with Gasteiger partial charge in [-0.1, -0.05) is 151 Å². The van der Waals surface area contributed by atoms with E-state index in [9.17, 15) is 0 Å². The van der Waals surface area contributed by atoms with Crippen LogP contribution < -0.4 is 9.80 Å². The molecule has 2 nitrogen and oxygen atoms in total. The SMILES string of the molecule is c1ccc(N(c2ccccc2)c2ccc3c(c2)Sc2ccc4ccccc4c2C32c3ccccc3-c3ccc(N(c4ccccc4)c4ccccc4)cc32)cc1. The minimum Gasteiger partial charge on any atom is -0.310 e. The Kier molecular flexibility index (Phi) is 7.68. The monoisotopic (exact) mass is 732 g/mol. The van der Waals surface area contributed by atoms with Gasteiger partial charge in [0, 0.05) is 43.9 Å². The van der Waals surface area contributed by atoms with Gasteiger partial charge in [0.05, 0.1) is 5.41 Å². The van der Waals surface area contributed by atoms with Crippen LogP contribution in [0.4, 0.5) is 34.1 Å². The molecule has 1 atom stereocenters. The first kappa shape index (κ1) is 32.6. The molecule has 1 aliphatic heterocycles. The van der Waals surface area contributed by atoms with Crippen LogP contribution in [0.5, 0.6) is 0 Å². The van der Waals surface area contributed by atoms with Gasteiger partial charge in [0.2, 0.25) is 0 Å². The summed E-state index contributed by atoms with van der Waals surface area (Å²) in [5.41, 5.74) is 14.1. The van der Waals surface area contributed by atoms with E-state index >= 15 is 0 Å². The molecule has 1 heterocycles. The van der Waals surface area contributed by atoms with Crippen LogP contribution in [0.1, 0.15) is 22.3 Å². The molecule has 0 amide bonds. The zero-order valence-electron chi connectivity index (χ0n) is 30.6. The lowest BCUT2D eigenvalue weighted by Crippen LogP contribution is -2.32. The lowest BCUT2D eigenvalue weighted by Gasteiger charge is -2.41. The predicted molar refractivity (Wildman–Crippen MR) is 235 cm³/mol. The molecule has 0 fully saturated rings. The third-order valence-electron chi connectivity index (χ3n) is 11.5. The number of hydrogen-bond acceptors (Lipinski definition) is 3. The lowest BCUT2D eigenvalue weighted by atomic mass is 9.66. The fraction of sp³-hybridized carbons (Fsp3) is 0.0189. The minimum absolute atomic E-state index is 0.569. The molecule has 0 saturated carbocycles. The summed E-state index contributed by atoms with van der Waals surface area (Å²) in [6.45, 7) is 0. The second-order valence-electron chi connectivity index (χ2n) is 14.5. The Morgan fingerprint density at radius 3 is 1.45 bits per heavy atom. The number of anilines is 6. The largest absolute Gasteiger partial charge is 0.310 e. The van der Waals surface area contributed by atoms with Gasteiger partial charge < -0.3 is 9.80 Å². The molecule has 1 aliphatic carbocycles. The maximum atomic E-state index is 2.48. The van der Waals surface area contributed by atoms with Crippen LogP contribution >= 0.6 is 11.8 Å². The van der Waals surface area contributed by atoms with E-state index in [4.69, 9.17) is 0 Å². The van der Waals surface area contributed by atoms with Crippen molar-refractivity contribution >= 4 is 56.7 Å². The molecule has 0 N–H and O–H groups in total. The van der Waals surface area contributed by atoms with Gasteiger partial charge in [0.15, 0.2) is 0 Å². The summed E-state index contributed by atoms with van der Waals surface area (Å²) in [5, 5.41) is 2.54. The van der Waals surface area contributed by atoms with Crippen LogP contribution in [0.15, 0.2) is 228 Å². The Bertz CT molecular complexity index is 2810. The molecular formula is C53H36N2S. The summed E-state index contributed by atoms with van der Waals surface area (Å²) in [5.74, 6) is 0. The van der Waals surface area contributed by atoms with Crippen LogP contribution in [0.3, 0.4) is 0 Å². The molecule has 1 unspecified atom stereocenters. The first-order chi connectivity index (χ1) is 27.8. The van der Waals surface area contributed by atoms with Crippen molar-refractivity contribution in [1.82, 2.24) is 0 Å². The number of benzene rings is 9. The fourth-order valence-corrected chi connectivity index (χ4v) is 10.4. The average Bonchev–Trinajstić information content (AvgIpc) is 3.55. The van der Waals surface area contributed by atoms with Crippen LogP contribution in [0, 0.1) is 0 Å². The number of fused-ring (bicyclic) bond motifs is 11. The molecular weight excluding hydrogens is 697 g/mol. The van der Waals surface area contributed by atoms with Gasteiger partial charge in [-0.25, -0.2) is 0 Å². The minimum atomic E-state index is -0.569. The van der Waals surface area contributed by atoms with Gasteiger partial charge in [-0.3, -0.25) is 0 Å². The number of rotatable bonds is 6. The second kappa shape index (κ2) is 13.2. The molecule has 0 aromatic heterocycles. The van der Waals surface area contributed by atoms with Crippen LogP contribution in [0.25, 0.3) is 21.9 Å². The van der Waals surface area contributed by atoms with Crippen LogP contribution in [0.2, 0.25) is 0 Å². The van der Waals surface area contributed by atoms with Gasteiger partial charge in [-0.05, 0) is 123 Å². The maximum absolute atomic E-state index is 2.48. The number of hydrogen-bond donors (Lipinski definition) is 0. The van der Waals surface area contributed by atoms with Gasteiger partial charge in [0.1, 0.15) is 0 Å². The molecule has 9 aromatic rings. The molecule has 2 aliphatic rings. The van der Waals surface area contributed by atoms with E-state index in [1.807, 2.05) is 11.8 Å². The Morgan fingerprint density at radius 1 is 0.321 bits per heavy atom. The van der Waals surface area contributed by atoms with E-state index in [2.05, 4.69) is 228 Å². The Balaban J connectivity index is 1.22. The third kappa shape index (κ3) is 4.98. The van der Waals surface area contributed by atoms with E-state index in [0.29, 0.717) is 0 Å². The van der Waals surface area contributed by atoms with Crippen molar-refractivity contribution < 1.29 is 0 Å². The smallest absolute Gasteiger partial charge is 0.0742 e. The molecule has 1 spiro atoms. The summed E-state index contributed by atoms with van der Waals surface area (Å²) in [6, 6.07) is 79.9. The highest BCUT2D eigenvalue weighted by atomic mass is 32.2. The van der Waals surface area contributed by atoms with Crippen molar-refractivity contribution in [3.63, 3.8) is 0 Å². The van der Waals surface area contributed by atoms with Gasteiger partial charge in [-0.2, -0.15) is 0 Å². The fourth-order valence-electron chi connectivity index (χ4n) is 9.19. The zero-order chi connectivity index (χ0) is 37.1. The van der Waals surface area contributed by atoms with Gasteiger partial charge >= 0.3 is 0 Å². The first-order valence-electron chi connectivity index (χ1n) is 19.2. The second-order valence-corrected chi connectivity index (χ2v) is 15.6. The van der Waals surface area contributed by atoms with Crippen molar-refractivity contribution in [3.8, 4) is 11.1 Å². The molecule has 9 aromatic carbocycles. The molecule has 0 bridgehead atoms. The van der Waals surface area contributed by atoms with Crippen molar-refractivity contribution in [1.29, 1.82) is 0 Å². The maximum Gasteiger partial charge on any atom is 0.0742 e. The van der Waals surface area contributed by atoms with E-state index in [-0.39, 0.29) is 0 Å². The van der Waals surface area contributed by atoms with Crippen molar-refractivity contribution in [2.75, 3.05) is 9.80 Å². The molecule has 264 valence electrons. The van der Waals surface area contributed by atoms with E-state index in [1.54, 1.807) is 0 Å². The van der Waals surface area contributed by atoms with Gasteiger partial charge in [-0.15, -0.1) is 0 Å². The third-order valence-corrected chi connectivity index (χ3v) is 12.6.